The first kappa shape index (κ1) is 19.6. The summed E-state index contributed by atoms with van der Waals surface area (Å²) in [5, 5.41) is 7.20. The first-order valence-electron chi connectivity index (χ1n) is 8.06. The normalized spacial score (nSPS) is 11.4. The maximum absolute atomic E-state index is 5.97. The van der Waals surface area contributed by atoms with Crippen molar-refractivity contribution in [3.8, 4) is 5.75 Å². The molecule has 0 unspecified atom stereocenters. The van der Waals surface area contributed by atoms with Gasteiger partial charge in [-0.3, -0.25) is 4.99 Å². The molecule has 0 spiro atoms. The number of guanidine groups is 1. The lowest BCUT2D eigenvalue weighted by atomic mass is 10.2. The van der Waals surface area contributed by atoms with Gasteiger partial charge < -0.3 is 20.1 Å². The number of nitrogens with zero attached hydrogens (tertiary/aromatic N) is 1. The lowest BCUT2D eigenvalue weighted by molar-refractivity contribution is 0.129. The van der Waals surface area contributed by atoms with E-state index in [-0.39, 0.29) is 0 Å². The third kappa shape index (κ3) is 8.09. The Morgan fingerprint density at radius 1 is 1.22 bits per heavy atom. The van der Waals surface area contributed by atoms with E-state index < -0.39 is 0 Å². The maximum atomic E-state index is 5.97. The van der Waals surface area contributed by atoms with E-state index in [0.29, 0.717) is 11.6 Å². The zero-order valence-corrected chi connectivity index (χ0v) is 15.1. The molecule has 0 amide bonds. The van der Waals surface area contributed by atoms with Crippen LogP contribution in [0.4, 0.5) is 0 Å². The highest BCUT2D eigenvalue weighted by atomic mass is 35.5. The summed E-state index contributed by atoms with van der Waals surface area (Å²) in [4.78, 5) is 4.21. The Hall–Kier alpha value is -1.46. The molecule has 0 saturated heterocycles. The van der Waals surface area contributed by atoms with Crippen molar-refractivity contribution in [2.75, 3.05) is 33.9 Å². The number of unbranched alkanes of at least 4 members (excludes halogenated alkanes) is 1. The molecule has 1 rings (SSSR count). The van der Waals surface area contributed by atoms with Crippen LogP contribution in [0.5, 0.6) is 5.75 Å². The molecular weight excluding hydrogens is 314 g/mol. The van der Waals surface area contributed by atoms with Gasteiger partial charge in [0, 0.05) is 43.9 Å². The van der Waals surface area contributed by atoms with Crippen molar-refractivity contribution >= 4 is 17.6 Å². The monoisotopic (exact) mass is 341 g/mol. The van der Waals surface area contributed by atoms with Gasteiger partial charge in [-0.1, -0.05) is 31.0 Å². The summed E-state index contributed by atoms with van der Waals surface area (Å²) < 4.78 is 10.9. The zero-order valence-electron chi connectivity index (χ0n) is 14.3. The van der Waals surface area contributed by atoms with Gasteiger partial charge >= 0.3 is 0 Å². The molecule has 130 valence electrons. The van der Waals surface area contributed by atoms with Gasteiger partial charge in [-0.05, 0) is 25.0 Å². The third-order valence-corrected chi connectivity index (χ3v) is 3.55. The van der Waals surface area contributed by atoms with E-state index in [1.165, 1.54) is 6.42 Å². The molecule has 0 aliphatic rings. The molecule has 0 aliphatic heterocycles. The number of methoxy groups -OCH3 is 1. The number of ether oxygens (including phenoxy) is 2. The first-order valence-corrected chi connectivity index (χ1v) is 8.43. The van der Waals surface area contributed by atoms with Crippen LogP contribution < -0.4 is 15.4 Å². The fourth-order valence-corrected chi connectivity index (χ4v) is 2.16. The maximum Gasteiger partial charge on any atom is 0.191 e. The second-order valence-corrected chi connectivity index (χ2v) is 5.56. The lowest BCUT2D eigenvalue weighted by Gasteiger charge is -2.14. The van der Waals surface area contributed by atoms with Gasteiger partial charge in [0.05, 0.1) is 7.11 Å². The summed E-state index contributed by atoms with van der Waals surface area (Å²) in [6, 6.07) is 5.61. The summed E-state index contributed by atoms with van der Waals surface area (Å²) in [7, 11) is 3.40. The van der Waals surface area contributed by atoms with Crippen molar-refractivity contribution in [2.45, 2.75) is 32.7 Å². The Morgan fingerprint density at radius 3 is 2.70 bits per heavy atom. The lowest BCUT2D eigenvalue weighted by Crippen LogP contribution is -2.37. The summed E-state index contributed by atoms with van der Waals surface area (Å²) in [6.45, 7) is 5.22. The number of aliphatic imine (C=N–C) groups is 1. The van der Waals surface area contributed by atoms with Crippen molar-refractivity contribution < 1.29 is 9.47 Å². The Bertz CT molecular complexity index is 481. The predicted molar refractivity (Wildman–Crippen MR) is 96.5 cm³/mol. The van der Waals surface area contributed by atoms with Gasteiger partial charge in [-0.15, -0.1) is 0 Å². The van der Waals surface area contributed by atoms with Crippen LogP contribution in [0.1, 0.15) is 31.7 Å². The van der Waals surface area contributed by atoms with Crippen LogP contribution in [0, 0.1) is 0 Å². The summed E-state index contributed by atoms with van der Waals surface area (Å²) in [5.41, 5.74) is 1.03. The van der Waals surface area contributed by atoms with E-state index in [4.69, 9.17) is 21.1 Å². The van der Waals surface area contributed by atoms with Gasteiger partial charge in [0.2, 0.25) is 0 Å². The topological polar surface area (TPSA) is 54.9 Å². The van der Waals surface area contributed by atoms with Crippen LogP contribution in [0.3, 0.4) is 0 Å². The first-order chi connectivity index (χ1) is 11.2. The molecule has 0 aromatic heterocycles. The molecule has 1 aromatic carbocycles. The zero-order chi connectivity index (χ0) is 16.9. The van der Waals surface area contributed by atoms with Gasteiger partial charge in [0.15, 0.2) is 5.96 Å². The molecule has 0 bridgehead atoms. The van der Waals surface area contributed by atoms with Crippen molar-refractivity contribution in [1.82, 2.24) is 10.6 Å². The summed E-state index contributed by atoms with van der Waals surface area (Å²) >= 11 is 5.97. The number of hydrogen-bond donors (Lipinski definition) is 2. The highest BCUT2D eigenvalue weighted by molar-refractivity contribution is 6.30. The molecule has 2 N–H and O–H groups in total. The number of benzene rings is 1. The molecular formula is C17H28ClN3O2. The predicted octanol–water partition coefficient (Wildman–Crippen LogP) is 3.22. The summed E-state index contributed by atoms with van der Waals surface area (Å²) in [6.07, 6.45) is 3.25. The van der Waals surface area contributed by atoms with Crippen LogP contribution in [-0.4, -0.2) is 39.9 Å². The van der Waals surface area contributed by atoms with Crippen LogP contribution >= 0.6 is 11.6 Å². The minimum absolute atomic E-state index is 0.618. The number of halogens is 1. The largest absolute Gasteiger partial charge is 0.496 e. The molecule has 0 atom stereocenters. The van der Waals surface area contributed by atoms with Crippen LogP contribution in [0.15, 0.2) is 23.2 Å². The SMILES string of the molecule is CCCCOCCCNC(=NC)NCc1ccc(Cl)cc1OC. The number of nitrogens with one attached hydrogen (secondary N) is 2. The fourth-order valence-electron chi connectivity index (χ4n) is 1.99. The Morgan fingerprint density at radius 2 is 2.00 bits per heavy atom. The highest BCUT2D eigenvalue weighted by Gasteiger charge is 2.05. The van der Waals surface area contributed by atoms with E-state index in [9.17, 15) is 0 Å². The smallest absolute Gasteiger partial charge is 0.191 e. The molecule has 0 fully saturated rings. The minimum Gasteiger partial charge on any atom is -0.496 e. The van der Waals surface area contributed by atoms with Crippen LogP contribution in [0.25, 0.3) is 0 Å². The van der Waals surface area contributed by atoms with E-state index in [1.807, 2.05) is 18.2 Å². The van der Waals surface area contributed by atoms with Crippen LogP contribution in [-0.2, 0) is 11.3 Å². The van der Waals surface area contributed by atoms with E-state index in [0.717, 1.165) is 49.9 Å². The molecule has 0 heterocycles. The van der Waals surface area contributed by atoms with Gasteiger partial charge in [-0.25, -0.2) is 0 Å². The average molecular weight is 342 g/mol. The average Bonchev–Trinajstić information content (AvgIpc) is 2.57. The fraction of sp³-hybridized carbons (Fsp3) is 0.588. The van der Waals surface area contributed by atoms with E-state index in [2.05, 4.69) is 22.5 Å². The second-order valence-electron chi connectivity index (χ2n) is 5.13. The molecule has 0 saturated carbocycles. The summed E-state index contributed by atoms with van der Waals surface area (Å²) in [5.74, 6) is 1.53. The van der Waals surface area contributed by atoms with Gasteiger partial charge in [-0.2, -0.15) is 0 Å². The Labute approximate surface area is 144 Å². The third-order valence-electron chi connectivity index (χ3n) is 3.32. The van der Waals surface area contributed by atoms with E-state index >= 15 is 0 Å². The standard InChI is InChI=1S/C17H28ClN3O2/c1-4-5-10-23-11-6-9-20-17(19-2)21-13-14-7-8-15(18)12-16(14)22-3/h7-8,12H,4-6,9-11,13H2,1-3H3,(H2,19,20,21). The van der Waals surface area contributed by atoms with Crippen molar-refractivity contribution in [3.63, 3.8) is 0 Å². The van der Waals surface area contributed by atoms with Gasteiger partial charge in [0.1, 0.15) is 5.75 Å². The second kappa shape index (κ2) is 12.0. The van der Waals surface area contributed by atoms with E-state index in [1.54, 1.807) is 14.2 Å². The number of rotatable bonds is 10. The highest BCUT2D eigenvalue weighted by Crippen LogP contribution is 2.22. The molecule has 23 heavy (non-hydrogen) atoms. The molecule has 0 radical (unpaired) electrons. The molecule has 1 aromatic rings. The number of hydrogen-bond acceptors (Lipinski definition) is 3. The Balaban J connectivity index is 2.29. The van der Waals surface area contributed by atoms with Crippen molar-refractivity contribution in [2.24, 2.45) is 4.99 Å². The Kier molecular flexibility index (Phi) is 10.2. The molecule has 6 heteroatoms. The molecule has 0 aliphatic carbocycles. The minimum atomic E-state index is 0.618. The molecule has 5 nitrogen and oxygen atoms in total. The van der Waals surface area contributed by atoms with Crippen molar-refractivity contribution in [1.29, 1.82) is 0 Å². The van der Waals surface area contributed by atoms with Crippen LogP contribution in [0.2, 0.25) is 5.02 Å². The quantitative estimate of drug-likeness (QED) is 0.390. The van der Waals surface area contributed by atoms with Gasteiger partial charge in [0.25, 0.3) is 0 Å². The van der Waals surface area contributed by atoms with Crippen molar-refractivity contribution in [3.05, 3.63) is 28.8 Å².